The molecule has 0 aliphatic carbocycles. The van der Waals surface area contributed by atoms with Gasteiger partial charge in [0, 0.05) is 12.6 Å². The van der Waals surface area contributed by atoms with E-state index in [1.54, 1.807) is 0 Å². The SMILES string of the molecule is CC[C@@H](CO)NC[C@H](O)c1ccc2ccccc2c1. The minimum atomic E-state index is -0.551. The summed E-state index contributed by atoms with van der Waals surface area (Å²) in [7, 11) is 0. The maximum Gasteiger partial charge on any atom is 0.0914 e. The first-order valence-electron chi connectivity index (χ1n) is 6.75. The predicted octanol–water partition coefficient (Wildman–Crippen LogP) is 2.23. The summed E-state index contributed by atoms with van der Waals surface area (Å²) in [5, 5.41) is 24.8. The zero-order chi connectivity index (χ0) is 13.7. The minimum Gasteiger partial charge on any atom is -0.395 e. The van der Waals surface area contributed by atoms with Crippen molar-refractivity contribution in [3.63, 3.8) is 0 Å². The molecule has 2 rings (SSSR count). The molecule has 3 N–H and O–H groups in total. The summed E-state index contributed by atoms with van der Waals surface area (Å²) in [6, 6.07) is 14.1. The molecule has 2 aromatic carbocycles. The summed E-state index contributed by atoms with van der Waals surface area (Å²) in [5.41, 5.74) is 0.902. The number of nitrogens with one attached hydrogen (secondary N) is 1. The Hall–Kier alpha value is -1.42. The molecule has 0 aromatic heterocycles. The van der Waals surface area contributed by atoms with E-state index >= 15 is 0 Å². The van der Waals surface area contributed by atoms with Crippen LogP contribution in [0.25, 0.3) is 10.8 Å². The average Bonchev–Trinajstić information content (AvgIpc) is 2.47. The zero-order valence-electron chi connectivity index (χ0n) is 11.2. The Balaban J connectivity index is 2.06. The van der Waals surface area contributed by atoms with Gasteiger partial charge in [0.05, 0.1) is 12.7 Å². The van der Waals surface area contributed by atoms with Crippen molar-refractivity contribution in [1.29, 1.82) is 0 Å². The lowest BCUT2D eigenvalue weighted by Gasteiger charge is -2.18. The quantitative estimate of drug-likeness (QED) is 0.745. The summed E-state index contributed by atoms with van der Waals surface area (Å²) in [5.74, 6) is 0. The lowest BCUT2D eigenvalue weighted by molar-refractivity contribution is 0.158. The molecule has 2 aromatic rings. The van der Waals surface area contributed by atoms with Gasteiger partial charge in [-0.2, -0.15) is 0 Å². The molecule has 19 heavy (non-hydrogen) atoms. The highest BCUT2D eigenvalue weighted by Crippen LogP contribution is 2.20. The van der Waals surface area contributed by atoms with Gasteiger partial charge in [-0.25, -0.2) is 0 Å². The van der Waals surface area contributed by atoms with Crippen molar-refractivity contribution in [2.45, 2.75) is 25.5 Å². The Bertz CT molecular complexity index is 523. The predicted molar refractivity (Wildman–Crippen MR) is 78.1 cm³/mol. The second-order valence-corrected chi connectivity index (χ2v) is 4.82. The van der Waals surface area contributed by atoms with Crippen LogP contribution < -0.4 is 5.32 Å². The largest absolute Gasteiger partial charge is 0.395 e. The molecule has 0 unspecified atom stereocenters. The lowest BCUT2D eigenvalue weighted by Crippen LogP contribution is -2.34. The smallest absolute Gasteiger partial charge is 0.0914 e. The molecule has 0 aliphatic heterocycles. The third-order valence-corrected chi connectivity index (χ3v) is 3.47. The lowest BCUT2D eigenvalue weighted by atomic mass is 10.0. The fourth-order valence-electron chi connectivity index (χ4n) is 2.15. The van der Waals surface area contributed by atoms with Gasteiger partial charge in [0.15, 0.2) is 0 Å². The Morgan fingerprint density at radius 3 is 2.53 bits per heavy atom. The van der Waals surface area contributed by atoms with E-state index in [1.165, 1.54) is 5.39 Å². The van der Waals surface area contributed by atoms with Gasteiger partial charge in [-0.15, -0.1) is 0 Å². The van der Waals surface area contributed by atoms with E-state index in [0.29, 0.717) is 6.54 Å². The van der Waals surface area contributed by atoms with E-state index in [1.807, 2.05) is 43.3 Å². The molecule has 0 aliphatic rings. The van der Waals surface area contributed by atoms with Crippen molar-refractivity contribution in [3.05, 3.63) is 48.0 Å². The Morgan fingerprint density at radius 1 is 1.11 bits per heavy atom. The highest BCUT2D eigenvalue weighted by Gasteiger charge is 2.10. The van der Waals surface area contributed by atoms with Gasteiger partial charge in [0.2, 0.25) is 0 Å². The molecule has 0 bridgehead atoms. The first-order valence-corrected chi connectivity index (χ1v) is 6.75. The first-order chi connectivity index (χ1) is 9.24. The molecule has 0 saturated carbocycles. The molecule has 2 atom stereocenters. The Kier molecular flexibility index (Phi) is 4.91. The van der Waals surface area contributed by atoms with Crippen molar-refractivity contribution in [1.82, 2.24) is 5.32 Å². The van der Waals surface area contributed by atoms with E-state index in [4.69, 9.17) is 5.11 Å². The van der Waals surface area contributed by atoms with Gasteiger partial charge >= 0.3 is 0 Å². The molecule has 0 amide bonds. The molecule has 3 nitrogen and oxygen atoms in total. The van der Waals surface area contributed by atoms with Gasteiger partial charge in [-0.1, -0.05) is 43.3 Å². The fraction of sp³-hybridized carbons (Fsp3) is 0.375. The summed E-state index contributed by atoms with van der Waals surface area (Å²) >= 11 is 0. The van der Waals surface area contributed by atoms with Gasteiger partial charge in [0.25, 0.3) is 0 Å². The second-order valence-electron chi connectivity index (χ2n) is 4.82. The molecular formula is C16H21NO2. The van der Waals surface area contributed by atoms with E-state index in [9.17, 15) is 5.11 Å². The minimum absolute atomic E-state index is 0.0510. The maximum absolute atomic E-state index is 10.2. The molecule has 0 spiro atoms. The van der Waals surface area contributed by atoms with E-state index < -0.39 is 6.10 Å². The van der Waals surface area contributed by atoms with Crippen LogP contribution >= 0.6 is 0 Å². The molecule has 0 saturated heterocycles. The number of aliphatic hydroxyl groups excluding tert-OH is 2. The van der Waals surface area contributed by atoms with Crippen LogP contribution in [0.3, 0.4) is 0 Å². The average molecular weight is 259 g/mol. The number of aliphatic hydroxyl groups is 2. The van der Waals surface area contributed by atoms with Crippen LogP contribution in [0.1, 0.15) is 25.0 Å². The molecule has 102 valence electrons. The third-order valence-electron chi connectivity index (χ3n) is 3.47. The Labute approximate surface area is 113 Å². The van der Waals surface area contributed by atoms with Crippen LogP contribution in [0.15, 0.2) is 42.5 Å². The van der Waals surface area contributed by atoms with Gasteiger partial charge < -0.3 is 15.5 Å². The van der Waals surface area contributed by atoms with Crippen molar-refractivity contribution >= 4 is 10.8 Å². The maximum atomic E-state index is 10.2. The topological polar surface area (TPSA) is 52.5 Å². The molecule has 0 radical (unpaired) electrons. The summed E-state index contributed by atoms with van der Waals surface area (Å²) in [4.78, 5) is 0. The van der Waals surface area contributed by atoms with Crippen LogP contribution in [0.4, 0.5) is 0 Å². The standard InChI is InChI=1S/C16H21NO2/c1-2-15(11-18)17-10-16(19)14-8-7-12-5-3-4-6-13(12)9-14/h3-9,15-19H,2,10-11H2,1H3/t15-,16-/m0/s1. The van der Waals surface area contributed by atoms with Crippen LogP contribution in [-0.2, 0) is 0 Å². The molecule has 3 heteroatoms. The molecule has 0 fully saturated rings. The Morgan fingerprint density at radius 2 is 1.84 bits per heavy atom. The van der Waals surface area contributed by atoms with Crippen molar-refractivity contribution in [2.75, 3.05) is 13.2 Å². The normalized spacial score (nSPS) is 14.5. The van der Waals surface area contributed by atoms with Gasteiger partial charge in [0.1, 0.15) is 0 Å². The number of hydrogen-bond acceptors (Lipinski definition) is 3. The monoisotopic (exact) mass is 259 g/mol. The van der Waals surface area contributed by atoms with E-state index in [2.05, 4.69) is 11.4 Å². The second kappa shape index (κ2) is 6.66. The summed E-state index contributed by atoms with van der Waals surface area (Å²) < 4.78 is 0. The summed E-state index contributed by atoms with van der Waals surface area (Å²) in [6.45, 7) is 2.56. The van der Waals surface area contributed by atoms with Crippen LogP contribution in [0.2, 0.25) is 0 Å². The van der Waals surface area contributed by atoms with Gasteiger partial charge in [-0.05, 0) is 28.8 Å². The number of rotatable bonds is 6. The zero-order valence-corrected chi connectivity index (χ0v) is 11.2. The van der Waals surface area contributed by atoms with Crippen LogP contribution in [-0.4, -0.2) is 29.4 Å². The number of fused-ring (bicyclic) bond motifs is 1. The number of benzene rings is 2. The molecular weight excluding hydrogens is 238 g/mol. The van der Waals surface area contributed by atoms with Crippen LogP contribution in [0, 0.1) is 0 Å². The molecule has 0 heterocycles. The third kappa shape index (κ3) is 3.53. The fourth-order valence-corrected chi connectivity index (χ4v) is 2.15. The highest BCUT2D eigenvalue weighted by molar-refractivity contribution is 5.83. The van der Waals surface area contributed by atoms with Crippen molar-refractivity contribution < 1.29 is 10.2 Å². The van der Waals surface area contributed by atoms with Gasteiger partial charge in [-0.3, -0.25) is 0 Å². The number of hydrogen-bond donors (Lipinski definition) is 3. The van der Waals surface area contributed by atoms with E-state index in [-0.39, 0.29) is 12.6 Å². The first kappa shape index (κ1) is 14.0. The van der Waals surface area contributed by atoms with E-state index in [0.717, 1.165) is 17.4 Å². The van der Waals surface area contributed by atoms with Crippen molar-refractivity contribution in [3.8, 4) is 0 Å². The van der Waals surface area contributed by atoms with Crippen molar-refractivity contribution in [2.24, 2.45) is 0 Å². The summed E-state index contributed by atoms with van der Waals surface area (Å²) in [6.07, 6.45) is 0.297. The highest BCUT2D eigenvalue weighted by atomic mass is 16.3. The van der Waals surface area contributed by atoms with Crippen LogP contribution in [0.5, 0.6) is 0 Å².